The van der Waals surface area contributed by atoms with E-state index < -0.39 is 0 Å². The van der Waals surface area contributed by atoms with Gasteiger partial charge in [0.2, 0.25) is 5.91 Å². The molecule has 21 heavy (non-hydrogen) atoms. The fraction of sp³-hybridized carbons (Fsp3) is 0.467. The molecule has 1 aliphatic carbocycles. The van der Waals surface area contributed by atoms with Gasteiger partial charge >= 0.3 is 0 Å². The zero-order valence-electron chi connectivity index (χ0n) is 12.1. The van der Waals surface area contributed by atoms with Crippen LogP contribution in [0.25, 0.3) is 0 Å². The van der Waals surface area contributed by atoms with Crippen LogP contribution in [0.3, 0.4) is 0 Å². The molecule has 116 valence electrons. The smallest absolute Gasteiger partial charge is 0.251 e. The highest BCUT2D eigenvalue weighted by atomic mass is 35.5. The normalized spacial score (nSPS) is 13.2. The lowest BCUT2D eigenvalue weighted by atomic mass is 10.1. The van der Waals surface area contributed by atoms with Crippen LogP contribution < -0.4 is 16.4 Å². The van der Waals surface area contributed by atoms with E-state index in [9.17, 15) is 9.59 Å². The van der Waals surface area contributed by atoms with Crippen molar-refractivity contribution in [1.29, 1.82) is 0 Å². The molecule has 4 N–H and O–H groups in total. The molecule has 0 aromatic heterocycles. The first kappa shape index (κ1) is 17.3. The standard InChI is InChI=1S/C15H21N3O2.ClH/c1-10-4-5-11(16)9-13(10)15(20)17-8-2-3-14(19)18-12-6-7-12;/h4-5,9,12H,2-3,6-8,16H2,1H3,(H,17,20)(H,18,19);1H. The minimum atomic E-state index is -0.141. The van der Waals surface area contributed by atoms with Gasteiger partial charge < -0.3 is 16.4 Å². The molecule has 0 spiro atoms. The number of halogens is 1. The highest BCUT2D eigenvalue weighted by Crippen LogP contribution is 2.18. The molecular weight excluding hydrogens is 290 g/mol. The SMILES string of the molecule is Cc1ccc(N)cc1C(=O)NCCCC(=O)NC1CC1.Cl. The largest absolute Gasteiger partial charge is 0.399 e. The van der Waals surface area contributed by atoms with E-state index in [4.69, 9.17) is 5.73 Å². The Labute approximate surface area is 131 Å². The van der Waals surface area contributed by atoms with Crippen molar-refractivity contribution in [3.05, 3.63) is 29.3 Å². The number of carbonyl (C=O) groups excluding carboxylic acids is 2. The summed E-state index contributed by atoms with van der Waals surface area (Å²) < 4.78 is 0. The van der Waals surface area contributed by atoms with Gasteiger partial charge in [-0.2, -0.15) is 0 Å². The Bertz CT molecular complexity index is 516. The van der Waals surface area contributed by atoms with Crippen molar-refractivity contribution < 1.29 is 9.59 Å². The minimum Gasteiger partial charge on any atom is -0.399 e. The van der Waals surface area contributed by atoms with E-state index in [-0.39, 0.29) is 24.2 Å². The topological polar surface area (TPSA) is 84.2 Å². The Hall–Kier alpha value is -1.75. The number of hydrogen-bond acceptors (Lipinski definition) is 3. The number of carbonyl (C=O) groups is 2. The molecule has 0 atom stereocenters. The second kappa shape index (κ2) is 7.88. The summed E-state index contributed by atoms with van der Waals surface area (Å²) >= 11 is 0. The lowest BCUT2D eigenvalue weighted by Crippen LogP contribution is -2.28. The van der Waals surface area contributed by atoms with Gasteiger partial charge in [0.05, 0.1) is 0 Å². The van der Waals surface area contributed by atoms with Crippen LogP contribution in [-0.4, -0.2) is 24.4 Å². The van der Waals surface area contributed by atoms with E-state index in [1.54, 1.807) is 12.1 Å². The molecule has 1 aromatic rings. The average molecular weight is 312 g/mol. The van der Waals surface area contributed by atoms with Crippen LogP contribution in [0.4, 0.5) is 5.69 Å². The fourth-order valence-electron chi connectivity index (χ4n) is 1.96. The highest BCUT2D eigenvalue weighted by molar-refractivity contribution is 5.96. The van der Waals surface area contributed by atoms with Gasteiger partial charge in [-0.15, -0.1) is 12.4 Å². The zero-order chi connectivity index (χ0) is 14.5. The Morgan fingerprint density at radius 1 is 1.33 bits per heavy atom. The van der Waals surface area contributed by atoms with Crippen LogP contribution in [0.15, 0.2) is 18.2 Å². The Kier molecular flexibility index (Phi) is 6.49. The molecule has 0 unspecified atom stereocenters. The molecule has 0 saturated heterocycles. The molecule has 6 heteroatoms. The number of anilines is 1. The third-order valence-corrected chi connectivity index (χ3v) is 3.31. The molecule has 5 nitrogen and oxygen atoms in total. The maximum Gasteiger partial charge on any atom is 0.251 e. The predicted molar refractivity (Wildman–Crippen MR) is 85.6 cm³/mol. The van der Waals surface area contributed by atoms with E-state index in [0.29, 0.717) is 36.7 Å². The Balaban J connectivity index is 0.00000220. The molecular formula is C15H22ClN3O2. The second-order valence-electron chi connectivity index (χ2n) is 5.28. The predicted octanol–water partition coefficient (Wildman–Crippen LogP) is 1.79. The quantitative estimate of drug-likeness (QED) is 0.553. The van der Waals surface area contributed by atoms with Crippen molar-refractivity contribution in [3.63, 3.8) is 0 Å². The average Bonchev–Trinajstić information content (AvgIpc) is 3.21. The summed E-state index contributed by atoms with van der Waals surface area (Å²) in [5, 5.41) is 5.74. The van der Waals surface area contributed by atoms with Crippen LogP contribution >= 0.6 is 12.4 Å². The number of rotatable bonds is 6. The van der Waals surface area contributed by atoms with Gasteiger partial charge in [-0.3, -0.25) is 9.59 Å². The van der Waals surface area contributed by atoms with Crippen molar-refractivity contribution in [2.45, 2.75) is 38.6 Å². The van der Waals surface area contributed by atoms with Crippen molar-refractivity contribution in [1.82, 2.24) is 10.6 Å². The molecule has 1 saturated carbocycles. The monoisotopic (exact) mass is 311 g/mol. The molecule has 1 aromatic carbocycles. The molecule has 0 radical (unpaired) electrons. The van der Waals surface area contributed by atoms with Crippen molar-refractivity contribution in [3.8, 4) is 0 Å². The summed E-state index contributed by atoms with van der Waals surface area (Å²) in [6.07, 6.45) is 3.28. The first-order chi connectivity index (χ1) is 9.56. The Morgan fingerprint density at radius 3 is 2.71 bits per heavy atom. The van der Waals surface area contributed by atoms with E-state index in [1.807, 2.05) is 13.0 Å². The molecule has 0 aliphatic heterocycles. The molecule has 0 heterocycles. The van der Waals surface area contributed by atoms with Gasteiger partial charge in [0.25, 0.3) is 5.91 Å². The zero-order valence-corrected chi connectivity index (χ0v) is 13.0. The van der Waals surface area contributed by atoms with E-state index >= 15 is 0 Å². The van der Waals surface area contributed by atoms with E-state index in [2.05, 4.69) is 10.6 Å². The lowest BCUT2D eigenvalue weighted by molar-refractivity contribution is -0.121. The summed E-state index contributed by atoms with van der Waals surface area (Å²) in [7, 11) is 0. The summed E-state index contributed by atoms with van der Waals surface area (Å²) in [4.78, 5) is 23.4. The van der Waals surface area contributed by atoms with Crippen LogP contribution in [0.5, 0.6) is 0 Å². The minimum absolute atomic E-state index is 0. The van der Waals surface area contributed by atoms with Crippen molar-refractivity contribution in [2.24, 2.45) is 0 Å². The van der Waals surface area contributed by atoms with Gasteiger partial charge in [-0.1, -0.05) is 6.07 Å². The number of aryl methyl sites for hydroxylation is 1. The van der Waals surface area contributed by atoms with Crippen LogP contribution in [0, 0.1) is 6.92 Å². The number of nitrogens with one attached hydrogen (secondary N) is 2. The molecule has 1 aliphatic rings. The van der Waals surface area contributed by atoms with Crippen LogP contribution in [0.1, 0.15) is 41.6 Å². The lowest BCUT2D eigenvalue weighted by Gasteiger charge is -2.08. The van der Waals surface area contributed by atoms with Crippen molar-refractivity contribution in [2.75, 3.05) is 12.3 Å². The maximum absolute atomic E-state index is 12.0. The van der Waals surface area contributed by atoms with Crippen LogP contribution in [0.2, 0.25) is 0 Å². The first-order valence-electron chi connectivity index (χ1n) is 7.00. The molecule has 0 bridgehead atoms. The summed E-state index contributed by atoms with van der Waals surface area (Å²) in [5.41, 5.74) is 7.73. The number of amides is 2. The summed E-state index contributed by atoms with van der Waals surface area (Å²) in [6, 6.07) is 5.67. The number of benzene rings is 1. The second-order valence-corrected chi connectivity index (χ2v) is 5.28. The summed E-state index contributed by atoms with van der Waals surface area (Å²) in [6.45, 7) is 2.36. The van der Waals surface area contributed by atoms with Gasteiger partial charge in [0.1, 0.15) is 0 Å². The van der Waals surface area contributed by atoms with Gasteiger partial charge in [0.15, 0.2) is 0 Å². The van der Waals surface area contributed by atoms with E-state index in [0.717, 1.165) is 18.4 Å². The summed E-state index contributed by atoms with van der Waals surface area (Å²) in [5.74, 6) is -0.0701. The Morgan fingerprint density at radius 2 is 2.05 bits per heavy atom. The highest BCUT2D eigenvalue weighted by Gasteiger charge is 2.22. The van der Waals surface area contributed by atoms with Crippen LogP contribution in [-0.2, 0) is 4.79 Å². The fourth-order valence-corrected chi connectivity index (χ4v) is 1.96. The maximum atomic E-state index is 12.0. The number of nitrogen functional groups attached to an aromatic ring is 1. The molecule has 2 amide bonds. The van der Waals surface area contributed by atoms with Crippen molar-refractivity contribution >= 4 is 29.9 Å². The number of nitrogens with two attached hydrogens (primary N) is 1. The first-order valence-corrected chi connectivity index (χ1v) is 7.00. The van der Waals surface area contributed by atoms with Gasteiger partial charge in [-0.05, 0) is 43.9 Å². The third kappa shape index (κ3) is 5.63. The van der Waals surface area contributed by atoms with Gasteiger partial charge in [-0.25, -0.2) is 0 Å². The van der Waals surface area contributed by atoms with Gasteiger partial charge in [0, 0.05) is 30.3 Å². The molecule has 2 rings (SSSR count). The van der Waals surface area contributed by atoms with E-state index in [1.165, 1.54) is 0 Å². The molecule has 1 fully saturated rings. The number of hydrogen-bond donors (Lipinski definition) is 3. The third-order valence-electron chi connectivity index (χ3n) is 3.31.